The number of hydrogen-bond donors (Lipinski definition) is 3. The molecule has 3 N–H and O–H groups in total. The van der Waals surface area contributed by atoms with Crippen molar-refractivity contribution in [2.45, 2.75) is 25.9 Å². The van der Waals surface area contributed by atoms with Crippen molar-refractivity contribution in [2.24, 2.45) is 0 Å². The molecule has 0 saturated carbocycles. The van der Waals surface area contributed by atoms with E-state index < -0.39 is 11.9 Å². The maximum absolute atomic E-state index is 9.55. The molecule has 132 valence electrons. The van der Waals surface area contributed by atoms with Gasteiger partial charge in [0.2, 0.25) is 0 Å². The molecule has 2 rings (SSSR count). The summed E-state index contributed by atoms with van der Waals surface area (Å²) < 4.78 is 0. The van der Waals surface area contributed by atoms with Crippen molar-refractivity contribution in [3.05, 3.63) is 40.4 Å². The van der Waals surface area contributed by atoms with Crippen LogP contribution in [-0.4, -0.2) is 47.3 Å². The predicted molar refractivity (Wildman–Crippen MR) is 95.1 cm³/mol. The number of carbonyl (C=O) groups is 2. The van der Waals surface area contributed by atoms with Crippen LogP contribution >= 0.6 is 23.2 Å². The highest BCUT2D eigenvalue weighted by molar-refractivity contribution is 6.42. The average molecular weight is 375 g/mol. The van der Waals surface area contributed by atoms with Crippen LogP contribution in [0.3, 0.4) is 0 Å². The minimum atomic E-state index is -1.26. The quantitative estimate of drug-likeness (QED) is 0.704. The largest absolute Gasteiger partial charge is 0.478 e. The summed E-state index contributed by atoms with van der Waals surface area (Å²) in [5.41, 5.74) is 1.15. The van der Waals surface area contributed by atoms with Gasteiger partial charge in [0.15, 0.2) is 0 Å². The number of benzene rings is 1. The number of anilines is 1. The molecule has 0 spiro atoms. The van der Waals surface area contributed by atoms with E-state index in [1.165, 1.54) is 0 Å². The SMILES string of the molecule is C[C@@H]1CN(c2ccc(Cl)c(Cl)c2)[C@@H](C)CN1.O=C(O)/C=C/C(=O)O. The second-order valence-corrected chi connectivity index (χ2v) is 6.23. The molecular weight excluding hydrogens is 355 g/mol. The van der Waals surface area contributed by atoms with Crippen LogP contribution in [0.1, 0.15) is 13.8 Å². The monoisotopic (exact) mass is 374 g/mol. The van der Waals surface area contributed by atoms with Gasteiger partial charge < -0.3 is 20.4 Å². The second kappa shape index (κ2) is 9.52. The molecule has 1 aromatic rings. The molecule has 8 heteroatoms. The molecule has 1 heterocycles. The zero-order valence-electron chi connectivity index (χ0n) is 13.4. The fourth-order valence-electron chi connectivity index (χ4n) is 2.19. The van der Waals surface area contributed by atoms with Crippen LogP contribution in [0.15, 0.2) is 30.4 Å². The summed E-state index contributed by atoms with van der Waals surface area (Å²) in [7, 11) is 0. The minimum absolute atomic E-state index is 0.480. The van der Waals surface area contributed by atoms with Crippen LogP contribution in [0.25, 0.3) is 0 Å². The summed E-state index contributed by atoms with van der Waals surface area (Å²) in [5, 5.41) is 20.3. The molecule has 1 aliphatic rings. The van der Waals surface area contributed by atoms with E-state index in [1.807, 2.05) is 18.2 Å². The van der Waals surface area contributed by atoms with E-state index in [2.05, 4.69) is 24.1 Å². The van der Waals surface area contributed by atoms with E-state index in [-0.39, 0.29) is 0 Å². The molecule has 0 amide bonds. The van der Waals surface area contributed by atoms with E-state index in [1.54, 1.807) is 0 Å². The van der Waals surface area contributed by atoms with Crippen molar-refractivity contribution >= 4 is 40.8 Å². The van der Waals surface area contributed by atoms with Crippen molar-refractivity contribution in [3.63, 3.8) is 0 Å². The molecule has 0 bridgehead atoms. The third-order valence-electron chi connectivity index (χ3n) is 3.37. The van der Waals surface area contributed by atoms with E-state index in [9.17, 15) is 9.59 Å². The van der Waals surface area contributed by atoms with Gasteiger partial charge in [-0.2, -0.15) is 0 Å². The Morgan fingerprint density at radius 3 is 2.25 bits per heavy atom. The van der Waals surface area contributed by atoms with Crippen molar-refractivity contribution < 1.29 is 19.8 Å². The van der Waals surface area contributed by atoms with Gasteiger partial charge in [-0.05, 0) is 32.0 Å². The van der Waals surface area contributed by atoms with Gasteiger partial charge in [0.25, 0.3) is 0 Å². The van der Waals surface area contributed by atoms with Gasteiger partial charge in [0.1, 0.15) is 0 Å². The van der Waals surface area contributed by atoms with Gasteiger partial charge in [-0.3, -0.25) is 0 Å². The number of hydrogen-bond acceptors (Lipinski definition) is 4. The summed E-state index contributed by atoms with van der Waals surface area (Å²) >= 11 is 12.0. The highest BCUT2D eigenvalue weighted by Gasteiger charge is 2.22. The Kier molecular flexibility index (Phi) is 8.04. The van der Waals surface area contributed by atoms with Gasteiger partial charge in [0, 0.05) is 43.0 Å². The van der Waals surface area contributed by atoms with Crippen molar-refractivity contribution in [1.29, 1.82) is 0 Å². The Labute approximate surface area is 150 Å². The minimum Gasteiger partial charge on any atom is -0.478 e. The number of carboxylic acid groups (broad SMARTS) is 2. The Balaban J connectivity index is 0.000000307. The number of nitrogens with one attached hydrogen (secondary N) is 1. The van der Waals surface area contributed by atoms with E-state index in [4.69, 9.17) is 33.4 Å². The Morgan fingerprint density at radius 2 is 1.75 bits per heavy atom. The van der Waals surface area contributed by atoms with Gasteiger partial charge in [-0.25, -0.2) is 9.59 Å². The standard InChI is InChI=1S/C12H16Cl2N2.C4H4O4/c1-8-7-16(9(2)6-15-8)10-3-4-11(13)12(14)5-10;5-3(6)1-2-4(7)8/h3-5,8-9,15H,6-7H2,1-2H3;1-2H,(H,5,6)(H,7,8)/b;2-1+/t8-,9+;/m1./s1. The number of halogens is 2. The lowest BCUT2D eigenvalue weighted by Gasteiger charge is -2.39. The number of carboxylic acids is 2. The summed E-state index contributed by atoms with van der Waals surface area (Å²) in [6.07, 6.45) is 1.12. The topological polar surface area (TPSA) is 89.9 Å². The normalized spacial score (nSPS) is 20.4. The molecular formula is C16H20Cl2N2O4. The molecule has 1 fully saturated rings. The first kappa shape index (κ1) is 20.3. The maximum atomic E-state index is 9.55. The Bertz CT molecular complexity index is 606. The fraction of sp³-hybridized carbons (Fsp3) is 0.375. The second-order valence-electron chi connectivity index (χ2n) is 5.42. The highest BCUT2D eigenvalue weighted by Crippen LogP contribution is 2.28. The Morgan fingerprint density at radius 1 is 1.17 bits per heavy atom. The van der Waals surface area contributed by atoms with Crippen LogP contribution in [0.5, 0.6) is 0 Å². The molecule has 0 aromatic heterocycles. The molecule has 0 aliphatic carbocycles. The lowest BCUT2D eigenvalue weighted by molar-refractivity contribution is -0.134. The van der Waals surface area contributed by atoms with Crippen LogP contribution in [-0.2, 0) is 9.59 Å². The molecule has 1 aliphatic heterocycles. The van der Waals surface area contributed by atoms with Crippen LogP contribution in [0.2, 0.25) is 10.0 Å². The van der Waals surface area contributed by atoms with Gasteiger partial charge in [0.05, 0.1) is 10.0 Å². The van der Waals surface area contributed by atoms with Crippen molar-refractivity contribution in [1.82, 2.24) is 5.32 Å². The molecule has 1 aromatic carbocycles. The zero-order chi connectivity index (χ0) is 18.3. The molecule has 6 nitrogen and oxygen atoms in total. The highest BCUT2D eigenvalue weighted by atomic mass is 35.5. The molecule has 24 heavy (non-hydrogen) atoms. The number of rotatable bonds is 3. The Hall–Kier alpha value is -1.76. The first-order chi connectivity index (χ1) is 11.2. The number of aliphatic carboxylic acids is 2. The third-order valence-corrected chi connectivity index (χ3v) is 4.11. The summed E-state index contributed by atoms with van der Waals surface area (Å²) in [4.78, 5) is 21.5. The van der Waals surface area contributed by atoms with E-state index >= 15 is 0 Å². The van der Waals surface area contributed by atoms with Crippen molar-refractivity contribution in [3.8, 4) is 0 Å². The van der Waals surface area contributed by atoms with Crippen molar-refractivity contribution in [2.75, 3.05) is 18.0 Å². The summed E-state index contributed by atoms with van der Waals surface area (Å²) in [6, 6.07) is 6.82. The summed E-state index contributed by atoms with van der Waals surface area (Å²) in [5.74, 6) is -2.51. The first-order valence-electron chi connectivity index (χ1n) is 7.29. The molecule has 2 atom stereocenters. The third kappa shape index (κ3) is 6.78. The van der Waals surface area contributed by atoms with Crippen LogP contribution in [0.4, 0.5) is 5.69 Å². The fourth-order valence-corrected chi connectivity index (χ4v) is 2.48. The molecule has 0 unspecified atom stereocenters. The van der Waals surface area contributed by atoms with E-state index in [0.29, 0.717) is 34.3 Å². The van der Waals surface area contributed by atoms with Crippen LogP contribution in [0, 0.1) is 0 Å². The smallest absolute Gasteiger partial charge is 0.328 e. The number of nitrogens with zero attached hydrogens (tertiary/aromatic N) is 1. The number of piperazine rings is 1. The van der Waals surface area contributed by atoms with E-state index in [0.717, 1.165) is 18.8 Å². The molecule has 1 saturated heterocycles. The van der Waals surface area contributed by atoms with Gasteiger partial charge in [-0.15, -0.1) is 0 Å². The van der Waals surface area contributed by atoms with Crippen LogP contribution < -0.4 is 10.2 Å². The first-order valence-corrected chi connectivity index (χ1v) is 8.05. The lowest BCUT2D eigenvalue weighted by Crippen LogP contribution is -2.54. The predicted octanol–water partition coefficient (Wildman–Crippen LogP) is 2.89. The zero-order valence-corrected chi connectivity index (χ0v) is 14.9. The lowest BCUT2D eigenvalue weighted by atomic mass is 10.1. The summed E-state index contributed by atoms with van der Waals surface area (Å²) in [6.45, 7) is 6.40. The maximum Gasteiger partial charge on any atom is 0.328 e. The molecule has 0 radical (unpaired) electrons. The average Bonchev–Trinajstić information content (AvgIpc) is 2.51. The van der Waals surface area contributed by atoms with Gasteiger partial charge >= 0.3 is 11.9 Å². The van der Waals surface area contributed by atoms with Gasteiger partial charge in [-0.1, -0.05) is 23.2 Å².